The Morgan fingerprint density at radius 2 is 1.87 bits per heavy atom. The summed E-state index contributed by atoms with van der Waals surface area (Å²) in [6.45, 7) is 11.4. The summed E-state index contributed by atoms with van der Waals surface area (Å²) >= 11 is 0. The van der Waals surface area contributed by atoms with Crippen LogP contribution in [0.1, 0.15) is 47.5 Å². The van der Waals surface area contributed by atoms with Crippen molar-refractivity contribution in [3.05, 3.63) is 0 Å². The predicted molar refractivity (Wildman–Crippen MR) is 87.1 cm³/mol. The molecule has 0 aromatic carbocycles. The van der Waals surface area contributed by atoms with Gasteiger partial charge in [-0.25, -0.2) is 4.79 Å². The molecule has 2 aliphatic rings. The van der Waals surface area contributed by atoms with Crippen molar-refractivity contribution in [1.82, 2.24) is 9.80 Å². The second kappa shape index (κ2) is 6.30. The van der Waals surface area contributed by atoms with Gasteiger partial charge < -0.3 is 19.3 Å². The summed E-state index contributed by atoms with van der Waals surface area (Å²) < 4.78 is 11.7. The lowest BCUT2D eigenvalue weighted by Crippen LogP contribution is -2.62. The standard InChI is InChI=1S/C17H30N2O4/c1-12(2)13-14(20)18(6)11-17(22-13)7-9-19(10-8-17)15(21)23-16(3,4)5/h12-13H,7-11H2,1-6H3/t13-/m1/s1. The Morgan fingerprint density at radius 1 is 1.30 bits per heavy atom. The van der Waals surface area contributed by atoms with Gasteiger partial charge >= 0.3 is 6.09 Å². The molecule has 2 amide bonds. The maximum Gasteiger partial charge on any atom is 0.410 e. The molecule has 0 radical (unpaired) electrons. The van der Waals surface area contributed by atoms with E-state index in [4.69, 9.17) is 9.47 Å². The van der Waals surface area contributed by atoms with Gasteiger partial charge in [0.1, 0.15) is 11.7 Å². The van der Waals surface area contributed by atoms with Crippen LogP contribution in [0.15, 0.2) is 0 Å². The van der Waals surface area contributed by atoms with Crippen LogP contribution in [-0.2, 0) is 14.3 Å². The van der Waals surface area contributed by atoms with Crippen LogP contribution in [0, 0.1) is 5.92 Å². The summed E-state index contributed by atoms with van der Waals surface area (Å²) in [5, 5.41) is 0. The zero-order valence-corrected chi connectivity index (χ0v) is 15.2. The van der Waals surface area contributed by atoms with Crippen LogP contribution in [0.3, 0.4) is 0 Å². The molecule has 2 fully saturated rings. The number of carbonyl (C=O) groups is 2. The summed E-state index contributed by atoms with van der Waals surface area (Å²) in [4.78, 5) is 27.9. The maximum absolute atomic E-state index is 12.2. The lowest BCUT2D eigenvalue weighted by Gasteiger charge is -2.49. The average molecular weight is 326 g/mol. The van der Waals surface area contributed by atoms with E-state index in [0.29, 0.717) is 19.6 Å². The highest BCUT2D eigenvalue weighted by molar-refractivity contribution is 5.81. The van der Waals surface area contributed by atoms with Gasteiger partial charge in [0.25, 0.3) is 5.91 Å². The monoisotopic (exact) mass is 326 g/mol. The van der Waals surface area contributed by atoms with Gasteiger partial charge in [0.15, 0.2) is 0 Å². The third-order valence-corrected chi connectivity index (χ3v) is 4.45. The molecule has 0 aromatic rings. The molecule has 0 N–H and O–H groups in total. The summed E-state index contributed by atoms with van der Waals surface area (Å²) in [6.07, 6.45) is 0.801. The molecule has 0 bridgehead atoms. The molecule has 6 heteroatoms. The summed E-state index contributed by atoms with van der Waals surface area (Å²) in [5.74, 6) is 0.200. The van der Waals surface area contributed by atoms with E-state index in [1.807, 2.05) is 41.7 Å². The van der Waals surface area contributed by atoms with E-state index in [-0.39, 0.29) is 29.6 Å². The van der Waals surface area contributed by atoms with Gasteiger partial charge in [-0.15, -0.1) is 0 Å². The van der Waals surface area contributed by atoms with Crippen molar-refractivity contribution in [3.8, 4) is 0 Å². The summed E-state index contributed by atoms with van der Waals surface area (Å²) in [5.41, 5.74) is -0.820. The zero-order chi connectivity index (χ0) is 17.4. The summed E-state index contributed by atoms with van der Waals surface area (Å²) in [6, 6.07) is 0. The Labute approximate surface area is 139 Å². The average Bonchev–Trinajstić information content (AvgIpc) is 2.41. The van der Waals surface area contributed by atoms with Gasteiger partial charge in [0.05, 0.1) is 5.60 Å². The Bertz CT molecular complexity index is 462. The van der Waals surface area contributed by atoms with Gasteiger partial charge in [-0.1, -0.05) is 13.8 Å². The number of likely N-dealkylation sites (tertiary alicyclic amines) is 1. The molecule has 132 valence electrons. The minimum atomic E-state index is -0.483. The Balaban J connectivity index is 2.00. The van der Waals surface area contributed by atoms with Crippen molar-refractivity contribution in [2.75, 3.05) is 26.7 Å². The highest BCUT2D eigenvalue weighted by atomic mass is 16.6. The van der Waals surface area contributed by atoms with Gasteiger partial charge in [-0.05, 0) is 39.5 Å². The van der Waals surface area contributed by atoms with Crippen LogP contribution in [0.2, 0.25) is 0 Å². The highest BCUT2D eigenvalue weighted by Crippen LogP contribution is 2.34. The number of ether oxygens (including phenoxy) is 2. The molecule has 2 saturated heterocycles. The van der Waals surface area contributed by atoms with Crippen molar-refractivity contribution in [2.24, 2.45) is 5.92 Å². The zero-order valence-electron chi connectivity index (χ0n) is 15.2. The molecule has 0 aromatic heterocycles. The van der Waals surface area contributed by atoms with Crippen molar-refractivity contribution >= 4 is 12.0 Å². The Hall–Kier alpha value is -1.30. The van der Waals surface area contributed by atoms with E-state index >= 15 is 0 Å². The van der Waals surface area contributed by atoms with Crippen LogP contribution in [0.5, 0.6) is 0 Å². The highest BCUT2D eigenvalue weighted by Gasteiger charge is 2.47. The molecule has 0 aliphatic carbocycles. The third-order valence-electron chi connectivity index (χ3n) is 4.45. The largest absolute Gasteiger partial charge is 0.444 e. The fraction of sp³-hybridized carbons (Fsp3) is 0.882. The van der Waals surface area contributed by atoms with Crippen LogP contribution >= 0.6 is 0 Å². The van der Waals surface area contributed by atoms with E-state index in [1.165, 1.54) is 0 Å². The number of piperidine rings is 1. The van der Waals surface area contributed by atoms with Gasteiger partial charge in [-0.2, -0.15) is 0 Å². The smallest absolute Gasteiger partial charge is 0.410 e. The van der Waals surface area contributed by atoms with Gasteiger partial charge in [0, 0.05) is 26.7 Å². The van der Waals surface area contributed by atoms with Crippen LogP contribution < -0.4 is 0 Å². The predicted octanol–water partition coefficient (Wildman–Crippen LogP) is 2.27. The van der Waals surface area contributed by atoms with E-state index < -0.39 is 5.60 Å². The van der Waals surface area contributed by atoms with Crippen molar-refractivity contribution in [3.63, 3.8) is 0 Å². The maximum atomic E-state index is 12.2. The second-order valence-corrected chi connectivity index (χ2v) is 8.13. The normalized spacial score (nSPS) is 25.2. The quantitative estimate of drug-likeness (QED) is 0.742. The molecule has 0 unspecified atom stereocenters. The molecule has 6 nitrogen and oxygen atoms in total. The molecule has 2 rings (SSSR count). The molecule has 1 atom stereocenters. The van der Waals surface area contributed by atoms with Crippen LogP contribution in [0.4, 0.5) is 4.79 Å². The van der Waals surface area contributed by atoms with E-state index in [2.05, 4.69) is 0 Å². The minimum absolute atomic E-state index is 0.0557. The lowest BCUT2D eigenvalue weighted by atomic mass is 9.87. The number of likely N-dealkylation sites (N-methyl/N-ethyl adjacent to an activating group) is 1. The molecular formula is C17H30N2O4. The molecule has 0 saturated carbocycles. The van der Waals surface area contributed by atoms with E-state index in [1.54, 1.807) is 9.80 Å². The van der Waals surface area contributed by atoms with Gasteiger partial charge in [0.2, 0.25) is 0 Å². The minimum Gasteiger partial charge on any atom is -0.444 e. The molecular weight excluding hydrogens is 296 g/mol. The van der Waals surface area contributed by atoms with Crippen molar-refractivity contribution in [1.29, 1.82) is 0 Å². The fourth-order valence-electron chi connectivity index (χ4n) is 3.20. The lowest BCUT2D eigenvalue weighted by molar-refractivity contribution is -0.196. The first-order valence-electron chi connectivity index (χ1n) is 8.44. The first-order chi connectivity index (χ1) is 10.5. The molecule has 2 heterocycles. The first kappa shape index (κ1) is 18.0. The Kier molecular flexibility index (Phi) is 4.95. The number of carbonyl (C=O) groups excluding carboxylic acids is 2. The fourth-order valence-corrected chi connectivity index (χ4v) is 3.20. The van der Waals surface area contributed by atoms with Crippen LogP contribution in [0.25, 0.3) is 0 Å². The van der Waals surface area contributed by atoms with Crippen molar-refractivity contribution in [2.45, 2.75) is 64.8 Å². The van der Waals surface area contributed by atoms with Crippen LogP contribution in [-0.4, -0.2) is 65.8 Å². The number of amides is 2. The molecule has 2 aliphatic heterocycles. The summed E-state index contributed by atoms with van der Waals surface area (Å²) in [7, 11) is 1.84. The topological polar surface area (TPSA) is 59.1 Å². The molecule has 1 spiro atoms. The SMILES string of the molecule is CC(C)[C@H]1OC2(CCN(C(=O)OC(C)(C)C)CC2)CN(C)C1=O. The van der Waals surface area contributed by atoms with Gasteiger partial charge in [-0.3, -0.25) is 4.79 Å². The third kappa shape index (κ3) is 4.16. The number of hydrogen-bond acceptors (Lipinski definition) is 4. The number of nitrogens with zero attached hydrogens (tertiary/aromatic N) is 2. The number of morpholine rings is 1. The Morgan fingerprint density at radius 3 is 2.35 bits per heavy atom. The molecule has 23 heavy (non-hydrogen) atoms. The number of hydrogen-bond donors (Lipinski definition) is 0. The second-order valence-electron chi connectivity index (χ2n) is 8.13. The number of rotatable bonds is 1. The first-order valence-corrected chi connectivity index (χ1v) is 8.44. The van der Waals surface area contributed by atoms with E-state index in [0.717, 1.165) is 12.8 Å². The van der Waals surface area contributed by atoms with E-state index in [9.17, 15) is 9.59 Å². The van der Waals surface area contributed by atoms with Crippen molar-refractivity contribution < 1.29 is 19.1 Å².